The molecule has 1 amide bonds. The molecule has 0 aromatic carbocycles. The molecule has 3 atom stereocenters. The quantitative estimate of drug-likeness (QED) is 0.0243. The van der Waals surface area contributed by atoms with Gasteiger partial charge in [0.25, 0.3) is 0 Å². The van der Waals surface area contributed by atoms with Crippen LogP contribution < -0.4 is 5.32 Å². The first kappa shape index (κ1) is 87.9. The van der Waals surface area contributed by atoms with Crippen molar-refractivity contribution in [2.45, 2.75) is 353 Å². The van der Waals surface area contributed by atoms with Crippen LogP contribution in [0.1, 0.15) is 341 Å². The number of aliphatic hydroxyl groups is 1. The summed E-state index contributed by atoms with van der Waals surface area (Å²) < 4.78 is 23.9. The van der Waals surface area contributed by atoms with Gasteiger partial charge in [-0.2, -0.15) is 0 Å². The van der Waals surface area contributed by atoms with E-state index in [9.17, 15) is 19.4 Å². The molecule has 0 rings (SSSR count). The minimum atomic E-state index is -4.36. The lowest BCUT2D eigenvalue weighted by Crippen LogP contribution is -2.45. The Bertz CT molecular complexity index is 1900. The standard InChI is InChI=1S/C82H147N2O6P/c1-6-8-10-12-14-16-18-20-22-24-26-28-30-32-34-36-37-38-39-40-41-42-43-44-45-46-47-48-50-52-54-56-58-60-62-64-66-68-70-72-74-76-82(86)83-80(79-90-91(87,88)89-78-77-84(3,4)5)81(85)75-73-71-69-67-65-63-61-59-57-55-53-51-49-35-33-31-29-27-25-23-21-19-17-15-13-11-9-7-2/h8,10,14,16,20,22,26,28,32,34,37-38,40-41,43-44,46-47,73,75,80-81,85H,6-7,9,11-13,15,17-19,21,23-25,27,29-31,33,35-36,39,42,45,48-72,74,76-79H2,1-5H3,(H-,83,86,87,88)/p+1/b10-8-,16-14-,22-20-,28-26-,34-32-,38-37-,41-40-,44-43-,47-46-,75-73+. The molecule has 526 valence electrons. The Balaban J connectivity index is 4.05. The molecule has 0 aliphatic heterocycles. The SMILES string of the molecule is CC/C=C\C/C=C\C/C=C\C/C=C\C/C=C\C/C=C\C/C=C\C/C=C\C/C=C\CCCCCCCCCCCCCCCC(=O)NC(COP(=O)(O)OCC[N+](C)(C)C)C(O)/C=C/CCCCCCCCCCCCCCCCCCCCCCCCCCCC. The Labute approximate surface area is 564 Å². The van der Waals surface area contributed by atoms with Crippen LogP contribution in [-0.4, -0.2) is 73.4 Å². The van der Waals surface area contributed by atoms with Gasteiger partial charge in [0, 0.05) is 6.42 Å². The smallest absolute Gasteiger partial charge is 0.387 e. The van der Waals surface area contributed by atoms with Gasteiger partial charge in [0.15, 0.2) is 0 Å². The lowest BCUT2D eigenvalue weighted by atomic mass is 10.0. The van der Waals surface area contributed by atoms with Crippen LogP contribution in [0.25, 0.3) is 0 Å². The number of unbranched alkanes of at least 4 members (excludes halogenated alkanes) is 39. The van der Waals surface area contributed by atoms with Gasteiger partial charge in [0.05, 0.1) is 39.9 Å². The Morgan fingerprint density at radius 2 is 0.659 bits per heavy atom. The van der Waals surface area contributed by atoms with Crippen molar-refractivity contribution in [3.05, 3.63) is 122 Å². The largest absolute Gasteiger partial charge is 0.472 e. The van der Waals surface area contributed by atoms with Gasteiger partial charge >= 0.3 is 7.82 Å². The van der Waals surface area contributed by atoms with Gasteiger partial charge in [0.1, 0.15) is 13.2 Å². The van der Waals surface area contributed by atoms with Gasteiger partial charge in [-0.1, -0.05) is 367 Å². The first-order chi connectivity index (χ1) is 44.5. The van der Waals surface area contributed by atoms with E-state index in [0.29, 0.717) is 17.4 Å². The average Bonchev–Trinajstić information content (AvgIpc) is 3.59. The second-order valence-corrected chi connectivity index (χ2v) is 28.5. The highest BCUT2D eigenvalue weighted by molar-refractivity contribution is 7.47. The average molecular weight is 1290 g/mol. The molecule has 0 radical (unpaired) electrons. The van der Waals surface area contributed by atoms with E-state index in [1.54, 1.807) is 6.08 Å². The molecule has 91 heavy (non-hydrogen) atoms. The van der Waals surface area contributed by atoms with Crippen LogP contribution in [0.15, 0.2) is 122 Å². The fraction of sp³-hybridized carbons (Fsp3) is 0.744. The third-order valence-electron chi connectivity index (χ3n) is 16.9. The first-order valence-electron chi connectivity index (χ1n) is 38.4. The van der Waals surface area contributed by atoms with Gasteiger partial charge in [-0.3, -0.25) is 13.8 Å². The predicted molar refractivity (Wildman–Crippen MR) is 401 cm³/mol. The molecule has 0 heterocycles. The van der Waals surface area contributed by atoms with Gasteiger partial charge in [-0.05, 0) is 89.9 Å². The van der Waals surface area contributed by atoms with Crippen molar-refractivity contribution in [1.29, 1.82) is 0 Å². The van der Waals surface area contributed by atoms with Crippen molar-refractivity contribution in [1.82, 2.24) is 5.32 Å². The number of quaternary nitrogens is 1. The van der Waals surface area contributed by atoms with Gasteiger partial charge < -0.3 is 19.8 Å². The van der Waals surface area contributed by atoms with Crippen molar-refractivity contribution < 1.29 is 32.9 Å². The highest BCUT2D eigenvalue weighted by atomic mass is 31.2. The molecule has 0 bridgehead atoms. The molecule has 3 N–H and O–H groups in total. The van der Waals surface area contributed by atoms with E-state index < -0.39 is 20.0 Å². The second-order valence-electron chi connectivity index (χ2n) is 27.0. The van der Waals surface area contributed by atoms with Crippen LogP contribution >= 0.6 is 7.82 Å². The Kier molecular flexibility index (Phi) is 68.8. The number of nitrogens with zero attached hydrogens (tertiary/aromatic N) is 1. The van der Waals surface area contributed by atoms with Crippen LogP contribution in [0, 0.1) is 0 Å². The number of allylic oxidation sites excluding steroid dienone is 19. The van der Waals surface area contributed by atoms with Gasteiger partial charge in [-0.25, -0.2) is 4.57 Å². The summed E-state index contributed by atoms with van der Waals surface area (Å²) in [5, 5.41) is 14.0. The molecular formula is C82H148N2O6P+. The number of carbonyl (C=O) groups is 1. The van der Waals surface area contributed by atoms with E-state index in [0.717, 1.165) is 96.3 Å². The Hall–Kier alpha value is -3.10. The van der Waals surface area contributed by atoms with Crippen LogP contribution in [0.2, 0.25) is 0 Å². The van der Waals surface area contributed by atoms with Crippen LogP contribution in [-0.2, 0) is 18.4 Å². The predicted octanol–water partition coefficient (Wildman–Crippen LogP) is 25.2. The van der Waals surface area contributed by atoms with Crippen LogP contribution in [0.4, 0.5) is 0 Å². The zero-order valence-corrected chi connectivity index (χ0v) is 61.2. The number of likely N-dealkylation sites (N-methyl/N-ethyl adjacent to an activating group) is 1. The van der Waals surface area contributed by atoms with E-state index in [1.807, 2.05) is 27.2 Å². The number of phosphoric acid groups is 1. The molecule has 0 aromatic heterocycles. The van der Waals surface area contributed by atoms with E-state index in [1.165, 1.54) is 225 Å². The molecule has 0 saturated carbocycles. The third-order valence-corrected chi connectivity index (χ3v) is 17.9. The lowest BCUT2D eigenvalue weighted by Gasteiger charge is -2.25. The molecule has 0 saturated heterocycles. The Morgan fingerprint density at radius 3 is 0.967 bits per heavy atom. The topological polar surface area (TPSA) is 105 Å². The summed E-state index contributed by atoms with van der Waals surface area (Å²) in [7, 11) is 1.57. The molecule has 0 aromatic rings. The second kappa shape index (κ2) is 71.2. The number of aliphatic hydroxyl groups excluding tert-OH is 1. The van der Waals surface area contributed by atoms with Gasteiger partial charge in [0.2, 0.25) is 5.91 Å². The summed E-state index contributed by atoms with van der Waals surface area (Å²) in [4.78, 5) is 23.5. The van der Waals surface area contributed by atoms with E-state index in [-0.39, 0.29) is 19.1 Å². The zero-order valence-electron chi connectivity index (χ0n) is 60.3. The first-order valence-corrected chi connectivity index (χ1v) is 39.9. The van der Waals surface area contributed by atoms with E-state index >= 15 is 0 Å². The van der Waals surface area contributed by atoms with Crippen LogP contribution in [0.3, 0.4) is 0 Å². The maximum Gasteiger partial charge on any atom is 0.472 e. The molecular weight excluding hydrogens is 1140 g/mol. The number of carbonyl (C=O) groups excluding carboxylic acids is 1. The van der Waals surface area contributed by atoms with Crippen molar-refractivity contribution >= 4 is 13.7 Å². The van der Waals surface area contributed by atoms with Gasteiger partial charge in [-0.15, -0.1) is 0 Å². The number of amides is 1. The summed E-state index contributed by atoms with van der Waals surface area (Å²) in [5.74, 6) is -0.178. The summed E-state index contributed by atoms with van der Waals surface area (Å²) in [6.07, 6.45) is 106. The molecule has 0 fully saturated rings. The monoisotopic (exact) mass is 1290 g/mol. The number of nitrogens with one attached hydrogen (secondary N) is 1. The molecule has 8 nitrogen and oxygen atoms in total. The van der Waals surface area contributed by atoms with Crippen LogP contribution in [0.5, 0.6) is 0 Å². The summed E-state index contributed by atoms with van der Waals surface area (Å²) in [6.45, 7) is 4.73. The van der Waals surface area contributed by atoms with Crippen molar-refractivity contribution in [3.8, 4) is 0 Å². The fourth-order valence-electron chi connectivity index (χ4n) is 11.0. The molecule has 0 spiro atoms. The van der Waals surface area contributed by atoms with Crippen molar-refractivity contribution in [2.24, 2.45) is 0 Å². The molecule has 3 unspecified atom stereocenters. The highest BCUT2D eigenvalue weighted by Crippen LogP contribution is 2.43. The summed E-state index contributed by atoms with van der Waals surface area (Å²) >= 11 is 0. The molecule has 9 heteroatoms. The highest BCUT2D eigenvalue weighted by Gasteiger charge is 2.28. The molecule has 0 aliphatic rings. The minimum absolute atomic E-state index is 0.0579. The normalized spacial score (nSPS) is 14.2. The number of hydrogen-bond donors (Lipinski definition) is 3. The van der Waals surface area contributed by atoms with E-state index in [4.69, 9.17) is 9.05 Å². The third kappa shape index (κ3) is 74.2. The maximum absolute atomic E-state index is 13.1. The van der Waals surface area contributed by atoms with Crippen molar-refractivity contribution in [2.75, 3.05) is 40.9 Å². The summed E-state index contributed by atoms with van der Waals surface area (Å²) in [5.41, 5.74) is 0. The number of rotatable bonds is 70. The summed E-state index contributed by atoms with van der Waals surface area (Å²) in [6, 6.07) is -0.856. The maximum atomic E-state index is 13.1. The fourth-order valence-corrected chi connectivity index (χ4v) is 11.8. The molecule has 0 aliphatic carbocycles. The van der Waals surface area contributed by atoms with E-state index in [2.05, 4.69) is 129 Å². The number of phosphoric ester groups is 1. The number of hydrogen-bond acceptors (Lipinski definition) is 5. The minimum Gasteiger partial charge on any atom is -0.387 e. The zero-order chi connectivity index (χ0) is 66.2. The Morgan fingerprint density at radius 1 is 0.385 bits per heavy atom. The lowest BCUT2D eigenvalue weighted by molar-refractivity contribution is -0.870. The van der Waals surface area contributed by atoms with Crippen molar-refractivity contribution in [3.63, 3.8) is 0 Å².